The first kappa shape index (κ1) is 18.6. The van der Waals surface area contributed by atoms with Crippen molar-refractivity contribution in [1.29, 1.82) is 0 Å². The molecule has 8 heteroatoms. The van der Waals surface area contributed by atoms with Gasteiger partial charge in [0.15, 0.2) is 0 Å². The summed E-state index contributed by atoms with van der Waals surface area (Å²) >= 11 is 1.30. The van der Waals surface area contributed by atoms with Crippen LogP contribution in [0.1, 0.15) is 20.0 Å². The first-order valence-electron chi connectivity index (χ1n) is 8.63. The van der Waals surface area contributed by atoms with E-state index in [0.29, 0.717) is 16.4 Å². The Labute approximate surface area is 169 Å². The zero-order valence-corrected chi connectivity index (χ0v) is 16.1. The number of hydrogen-bond donors (Lipinski definition) is 2. The number of thiophene rings is 1. The lowest BCUT2D eigenvalue weighted by Gasteiger charge is -2.06. The molecule has 1 amide bonds. The first-order chi connectivity index (χ1) is 14.0. The highest BCUT2D eigenvalue weighted by Crippen LogP contribution is 2.28. The molecule has 0 aliphatic rings. The van der Waals surface area contributed by atoms with Crippen LogP contribution in [0.4, 0.5) is 5.69 Å². The van der Waals surface area contributed by atoms with Gasteiger partial charge in [-0.3, -0.25) is 9.59 Å². The van der Waals surface area contributed by atoms with E-state index in [2.05, 4.69) is 15.3 Å². The molecule has 144 valence electrons. The monoisotopic (exact) mass is 405 g/mol. The van der Waals surface area contributed by atoms with E-state index >= 15 is 0 Å². The Morgan fingerprint density at radius 2 is 1.90 bits per heavy atom. The maximum Gasteiger partial charge on any atom is 0.348 e. The van der Waals surface area contributed by atoms with Gasteiger partial charge in [0, 0.05) is 22.1 Å². The first-order valence-corrected chi connectivity index (χ1v) is 9.45. The molecule has 7 nitrogen and oxygen atoms in total. The van der Waals surface area contributed by atoms with Crippen LogP contribution in [0.2, 0.25) is 0 Å². The summed E-state index contributed by atoms with van der Waals surface area (Å²) in [6.07, 6.45) is 1.26. The smallest absolute Gasteiger partial charge is 0.348 e. The van der Waals surface area contributed by atoms with Crippen LogP contribution in [0.25, 0.3) is 21.5 Å². The third kappa shape index (κ3) is 3.78. The number of esters is 1. The molecule has 4 aromatic rings. The molecule has 0 atom stereocenters. The predicted molar refractivity (Wildman–Crippen MR) is 111 cm³/mol. The molecule has 0 aliphatic carbocycles. The van der Waals surface area contributed by atoms with E-state index in [4.69, 9.17) is 4.74 Å². The molecule has 29 heavy (non-hydrogen) atoms. The molecule has 2 aromatic carbocycles. The summed E-state index contributed by atoms with van der Waals surface area (Å²) < 4.78 is 5.61. The number of nitrogens with one attached hydrogen (secondary N) is 2. The van der Waals surface area contributed by atoms with Gasteiger partial charge in [-0.05, 0) is 29.7 Å². The number of fused-ring (bicyclic) bond motifs is 1. The maximum absolute atomic E-state index is 12.5. The average molecular weight is 405 g/mol. The van der Waals surface area contributed by atoms with Crippen molar-refractivity contribution in [3.8, 4) is 11.4 Å². The van der Waals surface area contributed by atoms with Gasteiger partial charge in [-0.1, -0.05) is 30.3 Å². The molecule has 0 bridgehead atoms. The van der Waals surface area contributed by atoms with E-state index in [1.54, 1.807) is 24.3 Å². The predicted octanol–water partition coefficient (Wildman–Crippen LogP) is 3.69. The topological polar surface area (TPSA) is 101 Å². The van der Waals surface area contributed by atoms with Gasteiger partial charge >= 0.3 is 5.97 Å². The van der Waals surface area contributed by atoms with Crippen molar-refractivity contribution in [2.24, 2.45) is 0 Å². The summed E-state index contributed by atoms with van der Waals surface area (Å²) in [5.41, 5.74) is 0.635. The zero-order valence-electron chi connectivity index (χ0n) is 15.3. The summed E-state index contributed by atoms with van der Waals surface area (Å²) in [4.78, 5) is 43.9. The zero-order chi connectivity index (χ0) is 20.4. The molecule has 2 aromatic heterocycles. The number of benzene rings is 2. The maximum atomic E-state index is 12.5. The number of nitrogens with zero attached hydrogens (tertiary/aromatic N) is 1. The summed E-state index contributed by atoms with van der Waals surface area (Å²) in [5, 5.41) is 3.48. The second-order valence-corrected chi connectivity index (χ2v) is 7.23. The van der Waals surface area contributed by atoms with Crippen molar-refractivity contribution in [2.75, 3.05) is 12.4 Å². The average Bonchev–Trinajstić information content (AvgIpc) is 3.17. The number of carbonyl (C=O) groups excluding carboxylic acids is 2. The van der Waals surface area contributed by atoms with Gasteiger partial charge in [0.1, 0.15) is 16.3 Å². The molecule has 2 N–H and O–H groups in total. The summed E-state index contributed by atoms with van der Waals surface area (Å²) in [6, 6.07) is 16.1. The minimum atomic E-state index is -0.568. The molecule has 0 aliphatic heterocycles. The number of methoxy groups -OCH3 is 1. The highest BCUT2D eigenvalue weighted by molar-refractivity contribution is 7.20. The van der Waals surface area contributed by atoms with Gasteiger partial charge in [-0.25, -0.2) is 9.78 Å². The van der Waals surface area contributed by atoms with Crippen molar-refractivity contribution in [1.82, 2.24) is 9.97 Å². The molecule has 0 radical (unpaired) electrons. The fourth-order valence-electron chi connectivity index (χ4n) is 2.82. The standard InChI is InChI=1S/C21H15N3O4S/c1-28-21(27)17-10-13-9-14(7-8-16(13)29-17)23-19(25)15-11-22-18(24-20(15)26)12-5-3-2-4-6-12/h2-11H,1H3,(H,23,25)(H,22,24,26). The molecular weight excluding hydrogens is 390 g/mol. The molecule has 0 saturated heterocycles. The van der Waals surface area contributed by atoms with E-state index in [1.165, 1.54) is 24.6 Å². The van der Waals surface area contributed by atoms with Crippen LogP contribution >= 0.6 is 11.3 Å². The van der Waals surface area contributed by atoms with E-state index < -0.39 is 17.4 Å². The minimum Gasteiger partial charge on any atom is -0.465 e. The Morgan fingerprint density at radius 1 is 1.10 bits per heavy atom. The minimum absolute atomic E-state index is 0.0923. The number of hydrogen-bond acceptors (Lipinski definition) is 6. The van der Waals surface area contributed by atoms with Crippen LogP contribution in [0.3, 0.4) is 0 Å². The highest BCUT2D eigenvalue weighted by Gasteiger charge is 2.14. The normalized spacial score (nSPS) is 10.7. The Balaban J connectivity index is 1.57. The van der Waals surface area contributed by atoms with Gasteiger partial charge in [0.2, 0.25) is 0 Å². The van der Waals surface area contributed by atoms with Crippen LogP contribution in [0, 0.1) is 0 Å². The number of anilines is 1. The molecule has 4 rings (SSSR count). The van der Waals surface area contributed by atoms with Crippen LogP contribution in [0.5, 0.6) is 0 Å². The number of rotatable bonds is 4. The van der Waals surface area contributed by atoms with Gasteiger partial charge in [0.05, 0.1) is 7.11 Å². The van der Waals surface area contributed by atoms with Gasteiger partial charge < -0.3 is 15.0 Å². The molecule has 0 spiro atoms. The number of aromatic nitrogens is 2. The van der Waals surface area contributed by atoms with Crippen molar-refractivity contribution in [3.63, 3.8) is 0 Å². The van der Waals surface area contributed by atoms with Crippen LogP contribution in [0.15, 0.2) is 65.6 Å². The van der Waals surface area contributed by atoms with E-state index in [9.17, 15) is 14.4 Å². The number of amides is 1. The largest absolute Gasteiger partial charge is 0.465 e. The SMILES string of the molecule is COC(=O)c1cc2cc(NC(=O)c3cnc(-c4ccccc4)[nH]c3=O)ccc2s1. The van der Waals surface area contributed by atoms with Crippen LogP contribution in [-0.2, 0) is 4.74 Å². The number of ether oxygens (including phenoxy) is 1. The highest BCUT2D eigenvalue weighted by atomic mass is 32.1. The fraction of sp³-hybridized carbons (Fsp3) is 0.0476. The second kappa shape index (κ2) is 7.69. The Morgan fingerprint density at radius 3 is 2.62 bits per heavy atom. The van der Waals surface area contributed by atoms with Crippen molar-refractivity contribution >= 4 is 39.0 Å². The lowest BCUT2D eigenvalue weighted by Crippen LogP contribution is -2.24. The van der Waals surface area contributed by atoms with Crippen molar-refractivity contribution < 1.29 is 14.3 Å². The van der Waals surface area contributed by atoms with Crippen LogP contribution < -0.4 is 10.9 Å². The molecule has 0 saturated carbocycles. The second-order valence-electron chi connectivity index (χ2n) is 6.15. The molecular formula is C21H15N3O4S. The van der Waals surface area contributed by atoms with E-state index in [-0.39, 0.29) is 5.56 Å². The van der Waals surface area contributed by atoms with E-state index in [1.807, 2.05) is 30.3 Å². The quantitative estimate of drug-likeness (QED) is 0.504. The molecule has 2 heterocycles. The molecule has 0 fully saturated rings. The third-order valence-corrected chi connectivity index (χ3v) is 5.35. The summed E-state index contributed by atoms with van der Waals surface area (Å²) in [6.45, 7) is 0. The summed E-state index contributed by atoms with van der Waals surface area (Å²) in [5.74, 6) is -0.587. The van der Waals surface area contributed by atoms with Crippen molar-refractivity contribution in [2.45, 2.75) is 0 Å². The lowest BCUT2D eigenvalue weighted by molar-refractivity contribution is 0.0606. The Kier molecular flexibility index (Phi) is 4.92. The summed E-state index contributed by atoms with van der Waals surface area (Å²) in [7, 11) is 1.33. The Bertz CT molecular complexity index is 1280. The number of carbonyl (C=O) groups is 2. The Hall–Kier alpha value is -3.78. The lowest BCUT2D eigenvalue weighted by atomic mass is 10.2. The van der Waals surface area contributed by atoms with Gasteiger partial charge in [0.25, 0.3) is 11.5 Å². The number of H-pyrrole nitrogens is 1. The van der Waals surface area contributed by atoms with Crippen molar-refractivity contribution in [3.05, 3.63) is 81.6 Å². The van der Waals surface area contributed by atoms with Gasteiger partial charge in [-0.15, -0.1) is 11.3 Å². The van der Waals surface area contributed by atoms with Gasteiger partial charge in [-0.2, -0.15) is 0 Å². The molecule has 0 unspecified atom stereocenters. The number of aromatic amines is 1. The van der Waals surface area contributed by atoms with E-state index in [0.717, 1.165) is 15.6 Å². The fourth-order valence-corrected chi connectivity index (χ4v) is 3.78. The van der Waals surface area contributed by atoms with Crippen LogP contribution in [-0.4, -0.2) is 29.0 Å². The third-order valence-electron chi connectivity index (χ3n) is 4.25.